The van der Waals surface area contributed by atoms with E-state index in [1.54, 1.807) is 6.92 Å². The van der Waals surface area contributed by atoms with Crippen molar-refractivity contribution in [1.82, 2.24) is 0 Å². The fraction of sp³-hybridized carbons (Fsp3) is 0.125. The Kier molecular flexibility index (Phi) is 5.72. The van der Waals surface area contributed by atoms with Crippen molar-refractivity contribution in [2.45, 2.75) is 11.8 Å². The average Bonchev–Trinajstić information content (AvgIpc) is 2.55. The van der Waals surface area contributed by atoms with Gasteiger partial charge in [-0.2, -0.15) is 0 Å². The third-order valence-electron chi connectivity index (χ3n) is 3.42. The molecule has 0 saturated heterocycles. The number of aryl methyl sites for hydroxylation is 1. The Bertz CT molecular complexity index is 945. The van der Waals surface area contributed by atoms with Gasteiger partial charge in [0.05, 0.1) is 27.1 Å². The Morgan fingerprint density at radius 3 is 2.52 bits per heavy atom. The topological polar surface area (TPSA) is 80.5 Å². The van der Waals surface area contributed by atoms with E-state index < -0.39 is 14.9 Å². The monoisotopic (exact) mass is 400 g/mol. The molecule has 0 aromatic heterocycles. The van der Waals surface area contributed by atoms with Crippen molar-refractivity contribution >= 4 is 44.6 Å². The number of nitrogens with zero attached hydrogens (tertiary/aromatic N) is 2. The van der Waals surface area contributed by atoms with E-state index in [9.17, 15) is 18.5 Å². The molecule has 0 atom stereocenters. The number of sulfonamides is 1. The predicted octanol–water partition coefficient (Wildman–Crippen LogP) is 4.59. The molecule has 6 nitrogen and oxygen atoms in total. The van der Waals surface area contributed by atoms with Crippen LogP contribution in [0.15, 0.2) is 53.9 Å². The van der Waals surface area contributed by atoms with Crippen molar-refractivity contribution in [3.8, 4) is 0 Å². The lowest BCUT2D eigenvalue weighted by atomic mass is 10.2. The third-order valence-corrected chi connectivity index (χ3v) is 5.90. The summed E-state index contributed by atoms with van der Waals surface area (Å²) in [7, 11) is -4.13. The van der Waals surface area contributed by atoms with Crippen LogP contribution in [0.5, 0.6) is 0 Å². The lowest BCUT2D eigenvalue weighted by Gasteiger charge is -2.25. The van der Waals surface area contributed by atoms with E-state index in [2.05, 4.69) is 6.58 Å². The highest BCUT2D eigenvalue weighted by Gasteiger charge is 2.29. The first-order valence-electron chi connectivity index (χ1n) is 7.02. The van der Waals surface area contributed by atoms with Crippen molar-refractivity contribution in [3.63, 3.8) is 0 Å². The van der Waals surface area contributed by atoms with Gasteiger partial charge in [0.1, 0.15) is 0 Å². The molecule has 0 amide bonds. The molecule has 0 aliphatic rings. The molecule has 2 rings (SSSR count). The quantitative estimate of drug-likeness (QED) is 0.403. The van der Waals surface area contributed by atoms with Gasteiger partial charge in [0.2, 0.25) is 0 Å². The molecular weight excluding hydrogens is 387 g/mol. The molecule has 0 radical (unpaired) electrons. The van der Waals surface area contributed by atoms with Gasteiger partial charge in [0.25, 0.3) is 15.7 Å². The molecule has 0 bridgehead atoms. The van der Waals surface area contributed by atoms with E-state index in [0.717, 1.165) is 10.4 Å². The van der Waals surface area contributed by atoms with Gasteiger partial charge in [-0.25, -0.2) is 8.42 Å². The second-order valence-corrected chi connectivity index (χ2v) is 7.80. The number of nitro benzene ring substituents is 1. The smallest absolute Gasteiger partial charge is 0.261 e. The summed E-state index contributed by atoms with van der Waals surface area (Å²) in [5, 5.41) is 11.5. The molecule has 0 heterocycles. The predicted molar refractivity (Wildman–Crippen MR) is 99.0 cm³/mol. The lowest BCUT2D eigenvalue weighted by molar-refractivity contribution is -0.385. The molecule has 0 saturated carbocycles. The van der Waals surface area contributed by atoms with Crippen LogP contribution in [-0.2, 0) is 10.0 Å². The van der Waals surface area contributed by atoms with E-state index in [1.807, 2.05) is 0 Å². The first-order chi connectivity index (χ1) is 11.7. The van der Waals surface area contributed by atoms with E-state index in [0.29, 0.717) is 10.6 Å². The Morgan fingerprint density at radius 2 is 1.92 bits per heavy atom. The molecule has 0 aliphatic heterocycles. The zero-order valence-corrected chi connectivity index (χ0v) is 15.5. The van der Waals surface area contributed by atoms with Gasteiger partial charge in [-0.05, 0) is 30.7 Å². The van der Waals surface area contributed by atoms with Gasteiger partial charge >= 0.3 is 0 Å². The summed E-state index contributed by atoms with van der Waals surface area (Å²) in [5.41, 5.74) is 0.220. The SMILES string of the molecule is C=CCN(c1cc(Cl)ccc1Cl)S(=O)(=O)c1cc([N+](=O)[O-])ccc1C. The maximum absolute atomic E-state index is 13.1. The maximum atomic E-state index is 13.1. The summed E-state index contributed by atoms with van der Waals surface area (Å²) in [4.78, 5) is 10.2. The maximum Gasteiger partial charge on any atom is 0.270 e. The highest BCUT2D eigenvalue weighted by atomic mass is 35.5. The number of anilines is 1. The minimum Gasteiger partial charge on any atom is -0.261 e. The molecule has 0 N–H and O–H groups in total. The number of halogens is 2. The molecule has 2 aromatic rings. The molecule has 0 aliphatic carbocycles. The van der Waals surface area contributed by atoms with Crippen LogP contribution >= 0.6 is 23.2 Å². The van der Waals surface area contributed by atoms with Crippen LogP contribution in [0.3, 0.4) is 0 Å². The number of hydrogen-bond donors (Lipinski definition) is 0. The minimum atomic E-state index is -4.13. The summed E-state index contributed by atoms with van der Waals surface area (Å²) >= 11 is 12.1. The van der Waals surface area contributed by atoms with Crippen molar-refractivity contribution in [2.75, 3.05) is 10.8 Å². The zero-order valence-electron chi connectivity index (χ0n) is 13.1. The molecule has 0 fully saturated rings. The van der Waals surface area contributed by atoms with E-state index in [4.69, 9.17) is 23.2 Å². The summed E-state index contributed by atoms with van der Waals surface area (Å²) in [6.45, 7) is 5.04. The van der Waals surface area contributed by atoms with E-state index in [1.165, 1.54) is 36.4 Å². The van der Waals surface area contributed by atoms with Gasteiger partial charge in [-0.1, -0.05) is 35.3 Å². The average molecular weight is 401 g/mol. The standard InChI is InChI=1S/C16H14Cl2N2O4S/c1-3-8-19(15-9-12(17)5-7-14(15)18)25(23,24)16-10-13(20(21)22)6-4-11(16)2/h3-7,9-10H,1,8H2,2H3. The highest BCUT2D eigenvalue weighted by molar-refractivity contribution is 7.93. The largest absolute Gasteiger partial charge is 0.270 e. The second kappa shape index (κ2) is 7.43. The number of non-ortho nitro benzene ring substituents is 1. The van der Waals surface area contributed by atoms with Crippen molar-refractivity contribution in [2.24, 2.45) is 0 Å². The fourth-order valence-corrected chi connectivity index (χ4v) is 4.35. The van der Waals surface area contributed by atoms with Gasteiger partial charge in [0, 0.05) is 17.2 Å². The van der Waals surface area contributed by atoms with Gasteiger partial charge in [-0.15, -0.1) is 6.58 Å². The molecule has 2 aromatic carbocycles. The number of hydrogen-bond acceptors (Lipinski definition) is 4. The minimum absolute atomic E-state index is 0.0788. The molecule has 132 valence electrons. The normalized spacial score (nSPS) is 11.2. The zero-order chi connectivity index (χ0) is 18.8. The van der Waals surface area contributed by atoms with Gasteiger partial charge in [-0.3, -0.25) is 14.4 Å². The highest BCUT2D eigenvalue weighted by Crippen LogP contribution is 2.34. The van der Waals surface area contributed by atoms with Gasteiger partial charge in [0.15, 0.2) is 0 Å². The Labute approximate surface area is 155 Å². The van der Waals surface area contributed by atoms with Crippen LogP contribution in [0.2, 0.25) is 10.0 Å². The summed E-state index contributed by atoms with van der Waals surface area (Å²) < 4.78 is 27.3. The summed E-state index contributed by atoms with van der Waals surface area (Å²) in [6.07, 6.45) is 1.39. The third kappa shape index (κ3) is 3.95. The first-order valence-corrected chi connectivity index (χ1v) is 9.22. The number of rotatable bonds is 6. The van der Waals surface area contributed by atoms with E-state index >= 15 is 0 Å². The van der Waals surface area contributed by atoms with Crippen molar-refractivity contribution in [1.29, 1.82) is 0 Å². The number of benzene rings is 2. The van der Waals surface area contributed by atoms with Crippen LogP contribution < -0.4 is 4.31 Å². The van der Waals surface area contributed by atoms with Crippen LogP contribution in [0, 0.1) is 17.0 Å². The summed E-state index contributed by atoms with van der Waals surface area (Å²) in [6, 6.07) is 8.09. The molecule has 0 unspecified atom stereocenters. The molecular formula is C16H14Cl2N2O4S. The second-order valence-electron chi connectivity index (χ2n) is 5.13. The van der Waals surface area contributed by atoms with Crippen LogP contribution in [0.4, 0.5) is 11.4 Å². The Morgan fingerprint density at radius 1 is 1.24 bits per heavy atom. The van der Waals surface area contributed by atoms with Crippen LogP contribution in [0.25, 0.3) is 0 Å². The molecule has 0 spiro atoms. The number of nitro groups is 1. The van der Waals surface area contributed by atoms with Crippen LogP contribution in [0.1, 0.15) is 5.56 Å². The Balaban J connectivity index is 2.69. The van der Waals surface area contributed by atoms with Crippen molar-refractivity contribution in [3.05, 3.63) is 74.8 Å². The van der Waals surface area contributed by atoms with Gasteiger partial charge < -0.3 is 0 Å². The summed E-state index contributed by atoms with van der Waals surface area (Å²) in [5.74, 6) is 0. The molecule has 25 heavy (non-hydrogen) atoms. The first kappa shape index (κ1) is 19.2. The lowest BCUT2D eigenvalue weighted by Crippen LogP contribution is -2.32. The Hall–Kier alpha value is -2.09. The van der Waals surface area contributed by atoms with E-state index in [-0.39, 0.29) is 27.8 Å². The fourth-order valence-electron chi connectivity index (χ4n) is 2.22. The molecule has 9 heteroatoms. The van der Waals surface area contributed by atoms with Crippen molar-refractivity contribution < 1.29 is 13.3 Å². The van der Waals surface area contributed by atoms with Crippen LogP contribution in [-0.4, -0.2) is 19.9 Å².